The Kier molecular flexibility index (Phi) is 15.8. The van der Waals surface area contributed by atoms with Crippen LogP contribution >= 0.6 is 31.9 Å². The number of nitrogens with zero attached hydrogens (tertiary/aromatic N) is 6. The normalized spacial score (nSPS) is 15.8. The van der Waals surface area contributed by atoms with Gasteiger partial charge in [-0.3, -0.25) is 24.0 Å². The third-order valence-electron chi connectivity index (χ3n) is 9.77. The first-order valence-electron chi connectivity index (χ1n) is 18.8. The Morgan fingerprint density at radius 2 is 1.30 bits per heavy atom. The number of aryl methyl sites for hydroxylation is 2. The van der Waals surface area contributed by atoms with Crippen LogP contribution in [0.1, 0.15) is 51.9 Å². The number of nitrogen functional groups attached to an aromatic ring is 1. The standard InChI is InChI=1S/C22H31BrN4O3.C17H23BrN4O2/c1-3-4-5-21(29)25-16-6-7-20(18(14-16)22-19(23)15-24-26(22)2)30-13-12-27-10-8-17(28)9-11-27;1-21-17(15(18)11-20-21)14-10-12(19)2-3-16(14)24-9-8-22-6-4-13(23)5-7-22/h6-7,14-15,17,28H,3-5,8-13H2,1-2H3,(H,25,29);2-3,10-11,13,23H,4-9,19H2,1H3. The van der Waals surface area contributed by atoms with Crippen LogP contribution in [-0.2, 0) is 18.9 Å². The second-order valence-electron chi connectivity index (χ2n) is 13.9. The molecule has 294 valence electrons. The monoisotopic (exact) mass is 872 g/mol. The number of hydrogen-bond donors (Lipinski definition) is 4. The van der Waals surface area contributed by atoms with E-state index >= 15 is 0 Å². The number of nitrogens with one attached hydrogen (secondary N) is 1. The van der Waals surface area contributed by atoms with E-state index in [1.807, 2.05) is 50.5 Å². The number of piperidine rings is 2. The fraction of sp³-hybridized carbons (Fsp3) is 0.513. The molecular weight excluding hydrogens is 820 g/mol. The quantitative estimate of drug-likeness (QED) is 0.110. The lowest BCUT2D eigenvalue weighted by Crippen LogP contribution is -2.38. The first-order chi connectivity index (χ1) is 26.0. The zero-order valence-corrected chi connectivity index (χ0v) is 34.7. The molecule has 0 bridgehead atoms. The van der Waals surface area contributed by atoms with Crippen molar-refractivity contribution in [2.24, 2.45) is 14.1 Å². The molecule has 0 radical (unpaired) electrons. The van der Waals surface area contributed by atoms with Crippen molar-refractivity contribution in [3.05, 3.63) is 57.7 Å². The van der Waals surface area contributed by atoms with Gasteiger partial charge in [-0.15, -0.1) is 0 Å². The number of unbranched alkanes of at least 4 members (excludes halogenated alkanes) is 1. The van der Waals surface area contributed by atoms with Crippen LogP contribution in [-0.4, -0.2) is 110 Å². The maximum atomic E-state index is 12.2. The summed E-state index contributed by atoms with van der Waals surface area (Å²) < 4.78 is 17.6. The Morgan fingerprint density at radius 3 is 1.76 bits per heavy atom. The van der Waals surface area contributed by atoms with E-state index in [9.17, 15) is 15.0 Å². The minimum atomic E-state index is -0.170. The minimum absolute atomic E-state index is 0.0211. The third-order valence-corrected chi connectivity index (χ3v) is 10.9. The largest absolute Gasteiger partial charge is 0.492 e. The highest BCUT2D eigenvalue weighted by atomic mass is 79.9. The van der Waals surface area contributed by atoms with Crippen LogP contribution in [0.25, 0.3) is 22.5 Å². The van der Waals surface area contributed by atoms with Crippen LogP contribution in [0.4, 0.5) is 11.4 Å². The molecule has 54 heavy (non-hydrogen) atoms. The molecule has 2 aromatic heterocycles. The summed E-state index contributed by atoms with van der Waals surface area (Å²) in [6, 6.07) is 11.4. The van der Waals surface area contributed by atoms with E-state index < -0.39 is 0 Å². The summed E-state index contributed by atoms with van der Waals surface area (Å²) in [5.41, 5.74) is 11.0. The number of halogens is 2. The summed E-state index contributed by atoms with van der Waals surface area (Å²) in [5, 5.41) is 30.8. The van der Waals surface area contributed by atoms with Gasteiger partial charge < -0.3 is 30.7 Å². The average Bonchev–Trinajstić information content (AvgIpc) is 3.68. The highest BCUT2D eigenvalue weighted by Gasteiger charge is 2.20. The summed E-state index contributed by atoms with van der Waals surface area (Å²) in [6.45, 7) is 8.53. The molecule has 15 heteroatoms. The van der Waals surface area contributed by atoms with Crippen LogP contribution in [0, 0.1) is 0 Å². The van der Waals surface area contributed by atoms with Gasteiger partial charge in [0.25, 0.3) is 0 Å². The first-order valence-corrected chi connectivity index (χ1v) is 20.4. The number of carbonyl (C=O) groups is 1. The number of hydrogen-bond acceptors (Lipinski definition) is 10. The predicted molar refractivity (Wildman–Crippen MR) is 220 cm³/mol. The van der Waals surface area contributed by atoms with Gasteiger partial charge in [0.05, 0.1) is 44.9 Å². The summed E-state index contributed by atoms with van der Waals surface area (Å²) in [7, 11) is 3.78. The molecule has 2 aliphatic heterocycles. The molecule has 2 aromatic carbocycles. The van der Waals surface area contributed by atoms with E-state index in [2.05, 4.69) is 64.1 Å². The summed E-state index contributed by atoms with van der Waals surface area (Å²) in [5.74, 6) is 1.57. The highest BCUT2D eigenvalue weighted by molar-refractivity contribution is 9.11. The molecule has 13 nitrogen and oxygen atoms in total. The molecule has 4 heterocycles. The maximum absolute atomic E-state index is 12.2. The van der Waals surface area contributed by atoms with E-state index in [0.29, 0.717) is 25.3 Å². The van der Waals surface area contributed by atoms with E-state index in [4.69, 9.17) is 15.2 Å². The van der Waals surface area contributed by atoms with Crippen molar-refractivity contribution in [1.29, 1.82) is 0 Å². The number of amides is 1. The molecular formula is C39H54Br2N8O5. The molecule has 6 rings (SSSR count). The van der Waals surface area contributed by atoms with Crippen molar-refractivity contribution < 1.29 is 24.5 Å². The molecule has 0 aliphatic carbocycles. The topological polar surface area (TPSA) is 156 Å². The molecule has 4 aromatic rings. The van der Waals surface area contributed by atoms with Crippen molar-refractivity contribution in [1.82, 2.24) is 29.4 Å². The molecule has 0 spiro atoms. The van der Waals surface area contributed by atoms with Gasteiger partial charge in [-0.2, -0.15) is 10.2 Å². The smallest absolute Gasteiger partial charge is 0.224 e. The van der Waals surface area contributed by atoms with Gasteiger partial charge in [0.2, 0.25) is 5.91 Å². The molecule has 0 atom stereocenters. The van der Waals surface area contributed by atoms with Crippen LogP contribution in [0.15, 0.2) is 57.7 Å². The first kappa shape index (κ1) is 41.7. The number of benzene rings is 2. The van der Waals surface area contributed by atoms with Gasteiger partial charge in [-0.25, -0.2) is 0 Å². The van der Waals surface area contributed by atoms with Crippen LogP contribution in [0.3, 0.4) is 0 Å². The second-order valence-corrected chi connectivity index (χ2v) is 15.6. The van der Waals surface area contributed by atoms with E-state index in [1.165, 1.54) is 0 Å². The summed E-state index contributed by atoms with van der Waals surface area (Å²) in [4.78, 5) is 16.8. The maximum Gasteiger partial charge on any atom is 0.224 e. The Balaban J connectivity index is 0.000000213. The third kappa shape index (κ3) is 11.8. The average molecular weight is 875 g/mol. The van der Waals surface area contributed by atoms with Gasteiger partial charge in [-0.1, -0.05) is 13.3 Å². The van der Waals surface area contributed by atoms with Crippen molar-refractivity contribution in [2.45, 2.75) is 64.1 Å². The zero-order chi connectivity index (χ0) is 38.6. The predicted octanol–water partition coefficient (Wildman–Crippen LogP) is 6.08. The fourth-order valence-corrected chi connectivity index (χ4v) is 7.74. The van der Waals surface area contributed by atoms with Gasteiger partial charge in [0.1, 0.15) is 24.7 Å². The Morgan fingerprint density at radius 1 is 0.815 bits per heavy atom. The number of ether oxygens (including phenoxy) is 2. The number of anilines is 2. The SMILES string of the molecule is CCCCC(=O)Nc1ccc(OCCN2CCC(O)CC2)c(-c2c(Br)cnn2C)c1.Cn1ncc(Br)c1-c1cc(N)ccc1OCCN1CCC(O)CC1. The summed E-state index contributed by atoms with van der Waals surface area (Å²) >= 11 is 7.11. The van der Waals surface area contributed by atoms with Crippen molar-refractivity contribution >= 4 is 49.1 Å². The lowest BCUT2D eigenvalue weighted by Gasteiger charge is -2.29. The molecule has 2 fully saturated rings. The van der Waals surface area contributed by atoms with Gasteiger partial charge >= 0.3 is 0 Å². The zero-order valence-electron chi connectivity index (χ0n) is 31.5. The molecule has 1 amide bonds. The number of aliphatic hydroxyl groups excluding tert-OH is 2. The van der Waals surface area contributed by atoms with Crippen molar-refractivity contribution in [3.63, 3.8) is 0 Å². The lowest BCUT2D eigenvalue weighted by atomic mass is 10.1. The number of aromatic nitrogens is 4. The molecule has 0 unspecified atom stereocenters. The minimum Gasteiger partial charge on any atom is -0.492 e. The van der Waals surface area contributed by atoms with E-state index in [0.717, 1.165) is 126 Å². The molecule has 0 saturated carbocycles. The van der Waals surface area contributed by atoms with Crippen molar-refractivity contribution in [3.8, 4) is 34.0 Å². The van der Waals surface area contributed by atoms with Crippen molar-refractivity contribution in [2.75, 3.05) is 63.5 Å². The van der Waals surface area contributed by atoms with Crippen LogP contribution in [0.2, 0.25) is 0 Å². The van der Waals surface area contributed by atoms with Gasteiger partial charge in [0.15, 0.2) is 0 Å². The Bertz CT molecular complexity index is 1760. The Hall–Kier alpha value is -3.47. The molecule has 2 saturated heterocycles. The number of carbonyl (C=O) groups excluding carboxylic acids is 1. The van der Waals surface area contributed by atoms with Crippen LogP contribution < -0.4 is 20.5 Å². The number of nitrogens with two attached hydrogens (primary N) is 1. The highest BCUT2D eigenvalue weighted by Crippen LogP contribution is 2.38. The molecule has 5 N–H and O–H groups in total. The fourth-order valence-electron chi connectivity index (χ4n) is 6.62. The number of likely N-dealkylation sites (tertiary alicyclic amines) is 2. The van der Waals surface area contributed by atoms with Crippen LogP contribution in [0.5, 0.6) is 11.5 Å². The number of rotatable bonds is 14. The number of aliphatic hydroxyl groups is 2. The van der Waals surface area contributed by atoms with E-state index in [-0.39, 0.29) is 18.1 Å². The van der Waals surface area contributed by atoms with Gasteiger partial charge in [-0.05, 0) is 100 Å². The second kappa shape index (κ2) is 20.4. The Labute approximate surface area is 335 Å². The summed E-state index contributed by atoms with van der Waals surface area (Å²) in [6.07, 6.45) is 8.91. The van der Waals surface area contributed by atoms with E-state index in [1.54, 1.807) is 21.8 Å². The lowest BCUT2D eigenvalue weighted by molar-refractivity contribution is -0.116. The molecule has 2 aliphatic rings. The van der Waals surface area contributed by atoms with Gasteiger partial charge in [0, 0.05) is 82.3 Å².